The van der Waals surface area contributed by atoms with Gasteiger partial charge in [-0.15, -0.1) is 0 Å². The number of phosphoric ester groups is 2. The molecule has 72 heavy (non-hydrogen) atoms. The molecule has 18 nitrogen and oxygen atoms in total. The Morgan fingerprint density at radius 1 is 0.347 bits per heavy atom. The van der Waals surface area contributed by atoms with E-state index in [1.807, 2.05) is 140 Å². The number of phosphoric acid groups is 2. The zero-order chi connectivity index (χ0) is 54.9. The van der Waals surface area contributed by atoms with Gasteiger partial charge in [0, 0.05) is 67.4 Å². The summed E-state index contributed by atoms with van der Waals surface area (Å²) < 4.78 is 30.9. The summed E-state index contributed by atoms with van der Waals surface area (Å²) in [6.07, 6.45) is 7.07. The monoisotopic (exact) mass is 1130 g/mol. The van der Waals surface area contributed by atoms with Crippen molar-refractivity contribution < 1.29 is 102 Å². The van der Waals surface area contributed by atoms with E-state index >= 15 is 0 Å². The largest absolute Gasteiger partial charge is 2.00 e. The first kappa shape index (κ1) is 79.1. The SMILES string of the molecule is CC(C)c1cccc(C(C)C)c1OP(=O)([O-])[O-].CC(C)c1cccc(C(C)C)c1OP(=O)([O-])[O-].CO.CO.CO.CO.CO.CO.[Co+2].[Co+2].c1ccc(-c2ccccn2)nc1.c1ccc(-c2ccccn2)nc1. The number of hydrogen-bond acceptors (Lipinski definition) is 18. The molecule has 0 aliphatic rings. The summed E-state index contributed by atoms with van der Waals surface area (Å²) in [4.78, 5) is 59.9. The molecule has 2 aromatic carbocycles. The van der Waals surface area contributed by atoms with Crippen LogP contribution in [0, 0.1) is 0 Å². The number of rotatable bonds is 10. The second-order valence-corrected chi connectivity index (χ2v) is 16.2. The van der Waals surface area contributed by atoms with E-state index in [1.165, 1.54) is 0 Å². The van der Waals surface area contributed by atoms with Gasteiger partial charge in [-0.3, -0.25) is 19.9 Å². The molecule has 22 heteroatoms. The van der Waals surface area contributed by atoms with E-state index in [1.54, 1.807) is 49.1 Å². The number of para-hydroxylation sites is 2. The minimum Gasteiger partial charge on any atom is -0.780 e. The molecule has 6 aromatic rings. The molecule has 406 valence electrons. The summed E-state index contributed by atoms with van der Waals surface area (Å²) in [6.45, 7) is 15.4. The van der Waals surface area contributed by atoms with Gasteiger partial charge in [0.15, 0.2) is 0 Å². The average molecular weight is 1130 g/mol. The van der Waals surface area contributed by atoms with Gasteiger partial charge >= 0.3 is 33.6 Å². The quantitative estimate of drug-likeness (QED) is 0.0830. The number of aliphatic hydroxyl groups excluding tert-OH is 6. The Balaban J connectivity index is -0.000000188. The van der Waals surface area contributed by atoms with Gasteiger partial charge in [0.2, 0.25) is 0 Å². The minimum atomic E-state index is -5.02. The Morgan fingerprint density at radius 2 is 0.528 bits per heavy atom. The molecule has 6 rings (SSSR count). The standard InChI is InChI=1S/2C12H19O4P.2C10H8N2.6CH4O.2Co/c2*1-8(2)10-6-5-7-11(9(3)4)12(10)16-17(13,14)15;2*1-3-7-11-9(5-1)10-6-2-4-8-12-10;6*1-2;;/h2*5-9H,1-4H3,(H2,13,14,15);2*1-8H;6*2H,1H3;;/q;;;;;;;;;;2*+2/p-4. The minimum absolute atomic E-state index is 0. The molecule has 0 spiro atoms. The average Bonchev–Trinajstić information content (AvgIpc) is 3.38. The topological polar surface area (TPSA) is 318 Å². The summed E-state index contributed by atoms with van der Waals surface area (Å²) in [6, 6.07) is 34.0. The van der Waals surface area contributed by atoms with Crippen LogP contribution in [0.4, 0.5) is 0 Å². The third-order valence-electron chi connectivity index (χ3n) is 8.23. The number of aliphatic hydroxyl groups is 6. The Hall–Kier alpha value is -4.29. The zero-order valence-corrected chi connectivity index (χ0v) is 47.2. The maximum atomic E-state index is 10.8. The van der Waals surface area contributed by atoms with Crippen LogP contribution in [0.3, 0.4) is 0 Å². The third kappa shape index (κ3) is 34.2. The maximum absolute atomic E-state index is 10.8. The summed E-state index contributed by atoms with van der Waals surface area (Å²) in [5.74, 6) is 0.771. The Bertz CT molecular complexity index is 1950. The van der Waals surface area contributed by atoms with Crippen LogP contribution in [0.15, 0.2) is 134 Å². The molecule has 0 bridgehead atoms. The van der Waals surface area contributed by atoms with Crippen molar-refractivity contribution in [1.29, 1.82) is 0 Å². The van der Waals surface area contributed by atoms with Gasteiger partial charge in [0.1, 0.15) is 27.1 Å². The van der Waals surface area contributed by atoms with E-state index < -0.39 is 15.6 Å². The van der Waals surface area contributed by atoms with E-state index in [0.29, 0.717) is 0 Å². The van der Waals surface area contributed by atoms with Gasteiger partial charge in [0.05, 0.1) is 22.8 Å². The van der Waals surface area contributed by atoms with Crippen LogP contribution >= 0.6 is 15.6 Å². The number of hydrogen-bond donors (Lipinski definition) is 6. The fourth-order valence-electron chi connectivity index (χ4n) is 5.46. The Kier molecular flexibility index (Phi) is 52.4. The number of benzene rings is 2. The van der Waals surface area contributed by atoms with Crippen LogP contribution in [0.25, 0.3) is 22.8 Å². The van der Waals surface area contributed by atoms with E-state index in [-0.39, 0.29) is 68.7 Å². The Morgan fingerprint density at radius 3 is 0.653 bits per heavy atom. The van der Waals surface area contributed by atoms with Crippen molar-refractivity contribution >= 4 is 15.6 Å². The summed E-state index contributed by atoms with van der Waals surface area (Å²) >= 11 is 0. The van der Waals surface area contributed by atoms with E-state index in [2.05, 4.69) is 29.0 Å². The van der Waals surface area contributed by atoms with Gasteiger partial charge in [-0.05, 0) is 94.5 Å². The molecule has 0 atom stereocenters. The zero-order valence-electron chi connectivity index (χ0n) is 43.3. The fourth-order valence-corrected chi connectivity index (χ4v) is 6.33. The Labute approximate surface area is 447 Å². The molecule has 4 aromatic heterocycles. The fraction of sp³-hybridized carbons (Fsp3) is 0.360. The first-order valence-corrected chi connectivity index (χ1v) is 24.3. The van der Waals surface area contributed by atoms with Crippen molar-refractivity contribution in [3.63, 3.8) is 0 Å². The predicted molar refractivity (Wildman–Crippen MR) is 270 cm³/mol. The molecule has 0 amide bonds. The molecule has 0 aliphatic carbocycles. The molecule has 6 N–H and O–H groups in total. The van der Waals surface area contributed by atoms with Crippen molar-refractivity contribution in [2.75, 3.05) is 42.7 Å². The molecular formula is C50H74Co2N4O14P2. The number of aromatic nitrogens is 4. The van der Waals surface area contributed by atoms with E-state index in [4.69, 9.17) is 30.6 Å². The van der Waals surface area contributed by atoms with Crippen LogP contribution < -0.4 is 28.6 Å². The van der Waals surface area contributed by atoms with Crippen molar-refractivity contribution in [2.24, 2.45) is 0 Å². The van der Waals surface area contributed by atoms with Crippen LogP contribution in [0.5, 0.6) is 11.5 Å². The van der Waals surface area contributed by atoms with Crippen LogP contribution in [-0.2, 0) is 42.7 Å². The molecule has 0 unspecified atom stereocenters. The summed E-state index contributed by atoms with van der Waals surface area (Å²) in [7, 11) is -4.04. The smallest absolute Gasteiger partial charge is 0.780 e. The normalized spacial score (nSPS) is 9.50. The van der Waals surface area contributed by atoms with Crippen LogP contribution in [0.1, 0.15) is 101 Å². The molecular weight excluding hydrogens is 1060 g/mol. The molecule has 2 radical (unpaired) electrons. The van der Waals surface area contributed by atoms with E-state index in [9.17, 15) is 28.7 Å². The molecule has 0 saturated carbocycles. The van der Waals surface area contributed by atoms with Gasteiger partial charge in [-0.1, -0.05) is 116 Å². The van der Waals surface area contributed by atoms with Crippen LogP contribution in [0.2, 0.25) is 0 Å². The second-order valence-electron chi connectivity index (χ2n) is 14.1. The predicted octanol–water partition coefficient (Wildman–Crippen LogP) is 6.22. The van der Waals surface area contributed by atoms with Crippen molar-refractivity contribution in [1.82, 2.24) is 19.9 Å². The molecule has 4 heterocycles. The van der Waals surface area contributed by atoms with E-state index in [0.717, 1.165) is 87.7 Å². The number of pyridine rings is 4. The van der Waals surface area contributed by atoms with Crippen molar-refractivity contribution in [2.45, 2.75) is 79.1 Å². The molecule has 0 aliphatic heterocycles. The molecule has 0 saturated heterocycles. The summed E-state index contributed by atoms with van der Waals surface area (Å²) in [5.41, 5.74) is 6.62. The first-order chi connectivity index (χ1) is 33.4. The van der Waals surface area contributed by atoms with Gasteiger partial charge in [-0.2, -0.15) is 0 Å². The van der Waals surface area contributed by atoms with Crippen molar-refractivity contribution in [3.05, 3.63) is 156 Å². The van der Waals surface area contributed by atoms with Crippen LogP contribution in [-0.4, -0.2) is 93.2 Å². The van der Waals surface area contributed by atoms with Gasteiger partial charge < -0.3 is 68.4 Å². The molecule has 0 fully saturated rings. The van der Waals surface area contributed by atoms with Crippen molar-refractivity contribution in [3.8, 4) is 34.3 Å². The summed E-state index contributed by atoms with van der Waals surface area (Å²) in [5, 5.41) is 42.0. The number of nitrogens with zero attached hydrogens (tertiary/aromatic N) is 4. The first-order valence-electron chi connectivity index (χ1n) is 21.4. The maximum Gasteiger partial charge on any atom is 2.00 e. The second kappa shape index (κ2) is 47.7. The van der Waals surface area contributed by atoms with Gasteiger partial charge in [-0.25, -0.2) is 0 Å². The van der Waals surface area contributed by atoms with Gasteiger partial charge in [0.25, 0.3) is 0 Å². The third-order valence-corrected chi connectivity index (χ3v) is 9.04.